The summed E-state index contributed by atoms with van der Waals surface area (Å²) in [4.78, 5) is 14.2. The summed E-state index contributed by atoms with van der Waals surface area (Å²) in [6.45, 7) is 7.13. The van der Waals surface area contributed by atoms with Crippen LogP contribution in [-0.2, 0) is 4.79 Å². The fourth-order valence-electron chi connectivity index (χ4n) is 2.49. The van der Waals surface area contributed by atoms with Gasteiger partial charge < -0.3 is 16.0 Å². The number of likely N-dealkylation sites (tertiary alicyclic amines) is 1. The number of rotatable bonds is 7. The topological polar surface area (TPSA) is 58.4 Å². The van der Waals surface area contributed by atoms with Crippen LogP contribution >= 0.6 is 0 Å². The van der Waals surface area contributed by atoms with E-state index in [-0.39, 0.29) is 17.9 Å². The maximum Gasteiger partial charge on any atom is 0.222 e. The zero-order chi connectivity index (χ0) is 13.5. The van der Waals surface area contributed by atoms with Crippen LogP contribution in [-0.4, -0.2) is 43.5 Å². The van der Waals surface area contributed by atoms with Crippen molar-refractivity contribution < 1.29 is 4.79 Å². The van der Waals surface area contributed by atoms with Crippen LogP contribution in [0.1, 0.15) is 39.5 Å². The summed E-state index contributed by atoms with van der Waals surface area (Å²) in [5, 5.41) is 3.09. The largest absolute Gasteiger partial charge is 0.356 e. The van der Waals surface area contributed by atoms with Crippen LogP contribution in [0.3, 0.4) is 0 Å². The number of amides is 1. The smallest absolute Gasteiger partial charge is 0.222 e. The molecular weight excluding hydrogens is 226 g/mol. The van der Waals surface area contributed by atoms with E-state index in [0.29, 0.717) is 5.92 Å². The Hall–Kier alpha value is -0.610. The van der Waals surface area contributed by atoms with Crippen LogP contribution in [0.15, 0.2) is 0 Å². The molecule has 1 heterocycles. The van der Waals surface area contributed by atoms with E-state index in [4.69, 9.17) is 5.73 Å². The lowest BCUT2D eigenvalue weighted by molar-refractivity contribution is -0.124. The van der Waals surface area contributed by atoms with E-state index in [1.165, 1.54) is 6.42 Å². The highest BCUT2D eigenvalue weighted by atomic mass is 16.1. The monoisotopic (exact) mass is 255 g/mol. The fraction of sp³-hybridized carbons (Fsp3) is 0.929. The summed E-state index contributed by atoms with van der Waals surface area (Å²) >= 11 is 0. The maximum absolute atomic E-state index is 11.9. The van der Waals surface area contributed by atoms with Gasteiger partial charge in [0.25, 0.3) is 0 Å². The molecule has 3 atom stereocenters. The van der Waals surface area contributed by atoms with Gasteiger partial charge in [0.05, 0.1) is 0 Å². The Morgan fingerprint density at radius 1 is 1.44 bits per heavy atom. The Morgan fingerprint density at radius 2 is 2.17 bits per heavy atom. The number of hydrogen-bond donors (Lipinski definition) is 2. The third-order valence-corrected chi connectivity index (χ3v) is 3.80. The zero-order valence-electron chi connectivity index (χ0n) is 12.1. The minimum absolute atomic E-state index is 0.114. The Balaban J connectivity index is 2.11. The van der Waals surface area contributed by atoms with Gasteiger partial charge in [-0.1, -0.05) is 13.3 Å². The molecule has 0 radical (unpaired) electrons. The Bertz CT molecular complexity index is 255. The van der Waals surface area contributed by atoms with Crippen LogP contribution in [0.5, 0.6) is 0 Å². The number of nitrogens with zero attached hydrogens (tertiary/aromatic N) is 1. The van der Waals surface area contributed by atoms with Gasteiger partial charge >= 0.3 is 0 Å². The first kappa shape index (κ1) is 15.4. The van der Waals surface area contributed by atoms with Gasteiger partial charge in [0.2, 0.25) is 5.91 Å². The summed E-state index contributed by atoms with van der Waals surface area (Å²) in [5.41, 5.74) is 5.70. The van der Waals surface area contributed by atoms with E-state index < -0.39 is 0 Å². The van der Waals surface area contributed by atoms with Crippen molar-refractivity contribution >= 4 is 5.91 Å². The Morgan fingerprint density at radius 3 is 2.72 bits per heavy atom. The van der Waals surface area contributed by atoms with Crippen molar-refractivity contribution in [1.82, 2.24) is 10.2 Å². The fourth-order valence-corrected chi connectivity index (χ4v) is 2.49. The molecule has 4 nitrogen and oxygen atoms in total. The summed E-state index contributed by atoms with van der Waals surface area (Å²) in [5.74, 6) is 0.951. The predicted octanol–water partition coefficient (Wildman–Crippen LogP) is 1.21. The molecule has 0 saturated carbocycles. The molecule has 1 aliphatic heterocycles. The molecule has 3 unspecified atom stereocenters. The van der Waals surface area contributed by atoms with Gasteiger partial charge in [-0.2, -0.15) is 0 Å². The summed E-state index contributed by atoms with van der Waals surface area (Å²) < 4.78 is 0. The first-order valence-electron chi connectivity index (χ1n) is 7.21. The summed E-state index contributed by atoms with van der Waals surface area (Å²) in [6, 6.07) is 0.245. The van der Waals surface area contributed by atoms with Gasteiger partial charge in [0.15, 0.2) is 0 Å². The summed E-state index contributed by atoms with van der Waals surface area (Å²) in [7, 11) is 2.14. The highest BCUT2D eigenvalue weighted by Crippen LogP contribution is 2.14. The highest BCUT2D eigenvalue weighted by Gasteiger charge is 2.21. The lowest BCUT2D eigenvalue weighted by Gasteiger charge is -2.15. The van der Waals surface area contributed by atoms with Crippen molar-refractivity contribution in [2.75, 3.05) is 26.7 Å². The molecule has 1 fully saturated rings. The zero-order valence-corrected chi connectivity index (χ0v) is 12.1. The van der Waals surface area contributed by atoms with Crippen LogP contribution in [0.2, 0.25) is 0 Å². The minimum Gasteiger partial charge on any atom is -0.356 e. The SMILES string of the molecule is CC(N)CCCC(C)C(=O)NCC1CCN(C)C1. The quantitative estimate of drug-likeness (QED) is 0.719. The molecule has 1 amide bonds. The lowest BCUT2D eigenvalue weighted by atomic mass is 10.0. The second-order valence-electron chi connectivity index (χ2n) is 5.97. The Labute approximate surface area is 111 Å². The number of hydrogen-bond acceptors (Lipinski definition) is 3. The van der Waals surface area contributed by atoms with Crippen LogP contribution in [0, 0.1) is 11.8 Å². The molecular formula is C14H29N3O. The number of nitrogens with two attached hydrogens (primary N) is 1. The molecule has 18 heavy (non-hydrogen) atoms. The van der Waals surface area contributed by atoms with Gasteiger partial charge in [0, 0.05) is 25.0 Å². The van der Waals surface area contributed by atoms with Crippen LogP contribution in [0.4, 0.5) is 0 Å². The molecule has 1 saturated heterocycles. The van der Waals surface area contributed by atoms with E-state index in [1.54, 1.807) is 0 Å². The van der Waals surface area contributed by atoms with Crippen LogP contribution in [0.25, 0.3) is 0 Å². The molecule has 0 bridgehead atoms. The molecule has 0 aromatic heterocycles. The molecule has 0 aliphatic carbocycles. The van der Waals surface area contributed by atoms with Crippen molar-refractivity contribution in [1.29, 1.82) is 0 Å². The average Bonchev–Trinajstić information content (AvgIpc) is 2.71. The number of carbonyl (C=O) groups excluding carboxylic acids is 1. The average molecular weight is 255 g/mol. The van der Waals surface area contributed by atoms with E-state index in [0.717, 1.165) is 38.9 Å². The highest BCUT2D eigenvalue weighted by molar-refractivity contribution is 5.78. The standard InChI is InChI=1S/C14H29N3O/c1-11(5-4-6-12(2)15)14(18)16-9-13-7-8-17(3)10-13/h11-13H,4-10,15H2,1-3H3,(H,16,18). The van der Waals surface area contributed by atoms with Gasteiger partial charge in [-0.05, 0) is 45.7 Å². The molecule has 106 valence electrons. The molecule has 3 N–H and O–H groups in total. The predicted molar refractivity (Wildman–Crippen MR) is 75.3 cm³/mol. The van der Waals surface area contributed by atoms with Crippen molar-refractivity contribution in [3.8, 4) is 0 Å². The molecule has 0 aromatic carbocycles. The third-order valence-electron chi connectivity index (χ3n) is 3.80. The first-order valence-corrected chi connectivity index (χ1v) is 7.21. The summed E-state index contributed by atoms with van der Waals surface area (Å²) in [6.07, 6.45) is 4.19. The van der Waals surface area contributed by atoms with E-state index in [1.807, 2.05) is 13.8 Å². The molecule has 1 aliphatic rings. The van der Waals surface area contributed by atoms with Gasteiger partial charge in [-0.3, -0.25) is 4.79 Å². The van der Waals surface area contributed by atoms with E-state index in [9.17, 15) is 4.79 Å². The molecule has 0 spiro atoms. The third kappa shape index (κ3) is 5.83. The normalized spacial score (nSPS) is 23.9. The van der Waals surface area contributed by atoms with Crippen LogP contribution < -0.4 is 11.1 Å². The van der Waals surface area contributed by atoms with Crippen molar-refractivity contribution in [3.63, 3.8) is 0 Å². The van der Waals surface area contributed by atoms with Crippen molar-refractivity contribution in [3.05, 3.63) is 0 Å². The van der Waals surface area contributed by atoms with Gasteiger partial charge in [0.1, 0.15) is 0 Å². The van der Waals surface area contributed by atoms with Gasteiger partial charge in [-0.25, -0.2) is 0 Å². The number of carbonyl (C=O) groups is 1. The van der Waals surface area contributed by atoms with Crippen molar-refractivity contribution in [2.45, 2.75) is 45.6 Å². The maximum atomic E-state index is 11.9. The van der Waals surface area contributed by atoms with E-state index >= 15 is 0 Å². The lowest BCUT2D eigenvalue weighted by Crippen LogP contribution is -2.34. The molecule has 0 aromatic rings. The van der Waals surface area contributed by atoms with Gasteiger partial charge in [-0.15, -0.1) is 0 Å². The van der Waals surface area contributed by atoms with E-state index in [2.05, 4.69) is 17.3 Å². The minimum atomic E-state index is 0.114. The molecule has 1 rings (SSSR count). The second-order valence-corrected chi connectivity index (χ2v) is 5.97. The Kier molecular flexibility index (Phi) is 6.65. The molecule has 4 heteroatoms. The first-order chi connectivity index (χ1) is 8.49. The second kappa shape index (κ2) is 7.74. The van der Waals surface area contributed by atoms with Crippen molar-refractivity contribution in [2.24, 2.45) is 17.6 Å². The number of nitrogens with one attached hydrogen (secondary N) is 1.